The molecule has 2 N–H and O–H groups in total. The van der Waals surface area contributed by atoms with Crippen LogP contribution in [0.4, 0.5) is 5.69 Å². The van der Waals surface area contributed by atoms with Gasteiger partial charge in [0.2, 0.25) is 5.91 Å². The largest absolute Gasteiger partial charge is 0.324 e. The summed E-state index contributed by atoms with van der Waals surface area (Å²) in [5, 5.41) is 6.40. The Kier molecular flexibility index (Phi) is 5.61. The predicted molar refractivity (Wildman–Crippen MR) is 86.9 cm³/mol. The minimum Gasteiger partial charge on any atom is -0.324 e. The van der Waals surface area contributed by atoms with Gasteiger partial charge < -0.3 is 5.32 Å². The minimum atomic E-state index is -0.234. The molecule has 2 rings (SSSR count). The Morgan fingerprint density at radius 1 is 1.35 bits per heavy atom. The van der Waals surface area contributed by atoms with Crippen LogP contribution in [0.5, 0.6) is 0 Å². The van der Waals surface area contributed by atoms with Gasteiger partial charge in [0, 0.05) is 21.8 Å². The zero-order valence-electron chi connectivity index (χ0n) is 12.2. The monoisotopic (exact) mass is 338 g/mol. The van der Waals surface area contributed by atoms with Crippen LogP contribution in [0.25, 0.3) is 0 Å². The second kappa shape index (κ2) is 7.23. The Bertz CT molecular complexity index is 476. The van der Waals surface area contributed by atoms with Crippen molar-refractivity contribution in [2.45, 2.75) is 58.0 Å². The normalized spacial score (nSPS) is 18.8. The van der Waals surface area contributed by atoms with Crippen molar-refractivity contribution in [3.05, 3.63) is 28.2 Å². The lowest BCUT2D eigenvalue weighted by molar-refractivity contribution is -0.117. The highest BCUT2D eigenvalue weighted by molar-refractivity contribution is 9.10. The summed E-state index contributed by atoms with van der Waals surface area (Å²) in [5.74, 6) is 0.0484. The van der Waals surface area contributed by atoms with Gasteiger partial charge in [-0.3, -0.25) is 10.1 Å². The van der Waals surface area contributed by atoms with Crippen molar-refractivity contribution < 1.29 is 4.79 Å². The van der Waals surface area contributed by atoms with Gasteiger partial charge in [-0.15, -0.1) is 0 Å². The zero-order chi connectivity index (χ0) is 14.5. The molecule has 110 valence electrons. The fraction of sp³-hybridized carbons (Fsp3) is 0.562. The molecule has 0 bridgehead atoms. The Morgan fingerprint density at radius 2 is 2.15 bits per heavy atom. The SMILES string of the molecule is CCCCCCC(C)NC1C(=O)Nc2cccc(Br)c21. The molecule has 0 fully saturated rings. The second-order valence-corrected chi connectivity index (χ2v) is 6.39. The van der Waals surface area contributed by atoms with E-state index >= 15 is 0 Å². The highest BCUT2D eigenvalue weighted by Gasteiger charge is 2.32. The number of rotatable bonds is 7. The minimum absolute atomic E-state index is 0.0484. The number of carbonyl (C=O) groups excluding carboxylic acids is 1. The van der Waals surface area contributed by atoms with Crippen molar-refractivity contribution in [1.82, 2.24) is 5.32 Å². The van der Waals surface area contributed by atoms with E-state index in [1.54, 1.807) is 0 Å². The first-order valence-corrected chi connectivity index (χ1v) is 8.28. The predicted octanol–water partition coefficient (Wildman–Crippen LogP) is 4.39. The van der Waals surface area contributed by atoms with Crippen LogP contribution >= 0.6 is 15.9 Å². The molecule has 0 aliphatic carbocycles. The van der Waals surface area contributed by atoms with Gasteiger partial charge in [0.1, 0.15) is 6.04 Å². The number of fused-ring (bicyclic) bond motifs is 1. The molecule has 1 aliphatic heterocycles. The third-order valence-electron chi connectivity index (χ3n) is 3.80. The maximum atomic E-state index is 12.1. The van der Waals surface area contributed by atoms with Crippen molar-refractivity contribution in [2.75, 3.05) is 5.32 Å². The number of halogens is 1. The van der Waals surface area contributed by atoms with Crippen molar-refractivity contribution in [2.24, 2.45) is 0 Å². The lowest BCUT2D eigenvalue weighted by Crippen LogP contribution is -2.34. The molecule has 1 amide bonds. The molecule has 3 nitrogen and oxygen atoms in total. The van der Waals surface area contributed by atoms with Crippen LogP contribution in [-0.2, 0) is 4.79 Å². The topological polar surface area (TPSA) is 41.1 Å². The van der Waals surface area contributed by atoms with Gasteiger partial charge in [-0.1, -0.05) is 54.6 Å². The van der Waals surface area contributed by atoms with Gasteiger partial charge in [0.05, 0.1) is 0 Å². The molecule has 0 aromatic heterocycles. The third kappa shape index (κ3) is 3.61. The van der Waals surface area contributed by atoms with E-state index in [-0.39, 0.29) is 11.9 Å². The van der Waals surface area contributed by atoms with Crippen LogP contribution in [0.3, 0.4) is 0 Å². The van der Waals surface area contributed by atoms with Crippen molar-refractivity contribution in [1.29, 1.82) is 0 Å². The molecule has 0 radical (unpaired) electrons. The third-order valence-corrected chi connectivity index (χ3v) is 4.50. The number of anilines is 1. The fourth-order valence-corrected chi connectivity index (χ4v) is 3.27. The quantitative estimate of drug-likeness (QED) is 0.724. The lowest BCUT2D eigenvalue weighted by atomic mass is 10.0. The summed E-state index contributed by atoms with van der Waals surface area (Å²) in [7, 11) is 0. The molecule has 2 unspecified atom stereocenters. The molecular weight excluding hydrogens is 316 g/mol. The van der Waals surface area contributed by atoms with Gasteiger partial charge in [-0.25, -0.2) is 0 Å². The van der Waals surface area contributed by atoms with Crippen LogP contribution < -0.4 is 10.6 Å². The van der Waals surface area contributed by atoms with E-state index in [0.29, 0.717) is 6.04 Å². The Hall–Kier alpha value is -0.870. The van der Waals surface area contributed by atoms with Crippen molar-refractivity contribution >= 4 is 27.5 Å². The Labute approximate surface area is 129 Å². The van der Waals surface area contributed by atoms with Crippen LogP contribution in [-0.4, -0.2) is 11.9 Å². The molecule has 1 aliphatic rings. The Morgan fingerprint density at radius 3 is 2.90 bits per heavy atom. The molecule has 1 aromatic carbocycles. The van der Waals surface area contributed by atoms with E-state index in [0.717, 1.165) is 22.1 Å². The number of unbranched alkanes of at least 4 members (excludes halogenated alkanes) is 3. The summed E-state index contributed by atoms with van der Waals surface area (Å²) >= 11 is 3.55. The smallest absolute Gasteiger partial charge is 0.246 e. The van der Waals surface area contributed by atoms with E-state index in [1.807, 2.05) is 18.2 Å². The first-order valence-electron chi connectivity index (χ1n) is 7.48. The molecule has 1 aromatic rings. The molecule has 1 heterocycles. The number of amides is 1. The number of hydrogen-bond donors (Lipinski definition) is 2. The molecule has 0 spiro atoms. The van der Waals surface area contributed by atoms with Gasteiger partial charge in [0.25, 0.3) is 0 Å². The number of nitrogens with one attached hydrogen (secondary N) is 2. The van der Waals surface area contributed by atoms with Crippen LogP contribution in [0.15, 0.2) is 22.7 Å². The average Bonchev–Trinajstić information content (AvgIpc) is 2.72. The van der Waals surface area contributed by atoms with Crippen molar-refractivity contribution in [3.63, 3.8) is 0 Å². The van der Waals surface area contributed by atoms with E-state index in [2.05, 4.69) is 40.4 Å². The van der Waals surface area contributed by atoms with Gasteiger partial charge in [-0.2, -0.15) is 0 Å². The summed E-state index contributed by atoms with van der Waals surface area (Å²) in [4.78, 5) is 12.1. The zero-order valence-corrected chi connectivity index (χ0v) is 13.8. The molecule has 20 heavy (non-hydrogen) atoms. The van der Waals surface area contributed by atoms with Gasteiger partial charge in [0.15, 0.2) is 0 Å². The lowest BCUT2D eigenvalue weighted by Gasteiger charge is -2.19. The number of benzene rings is 1. The summed E-state index contributed by atoms with van der Waals surface area (Å²) < 4.78 is 0.990. The van der Waals surface area contributed by atoms with Gasteiger partial charge in [-0.05, 0) is 25.5 Å². The maximum Gasteiger partial charge on any atom is 0.246 e. The standard InChI is InChI=1S/C16H23BrN2O/c1-3-4-5-6-8-11(2)18-15-14-12(17)9-7-10-13(14)19-16(15)20/h7,9-11,15,18H,3-6,8H2,1-2H3,(H,19,20). The van der Waals surface area contributed by atoms with Crippen LogP contribution in [0.1, 0.15) is 57.6 Å². The highest BCUT2D eigenvalue weighted by Crippen LogP contribution is 2.36. The number of hydrogen-bond acceptors (Lipinski definition) is 2. The van der Waals surface area contributed by atoms with E-state index in [1.165, 1.54) is 25.7 Å². The summed E-state index contributed by atoms with van der Waals surface area (Å²) in [5.41, 5.74) is 1.96. The number of carbonyl (C=O) groups is 1. The van der Waals surface area contributed by atoms with E-state index in [9.17, 15) is 4.79 Å². The van der Waals surface area contributed by atoms with Crippen molar-refractivity contribution in [3.8, 4) is 0 Å². The molecule has 2 atom stereocenters. The Balaban J connectivity index is 1.95. The molecular formula is C16H23BrN2O. The van der Waals surface area contributed by atoms with E-state index in [4.69, 9.17) is 0 Å². The van der Waals surface area contributed by atoms with Crippen LogP contribution in [0.2, 0.25) is 0 Å². The highest BCUT2D eigenvalue weighted by atomic mass is 79.9. The average molecular weight is 339 g/mol. The van der Waals surface area contributed by atoms with E-state index < -0.39 is 0 Å². The fourth-order valence-electron chi connectivity index (χ4n) is 2.68. The first-order chi connectivity index (χ1) is 9.63. The molecule has 0 saturated heterocycles. The van der Waals surface area contributed by atoms with Gasteiger partial charge >= 0.3 is 0 Å². The maximum absolute atomic E-state index is 12.1. The van der Waals surface area contributed by atoms with Crippen LogP contribution in [0, 0.1) is 0 Å². The summed E-state index contributed by atoms with van der Waals surface area (Å²) in [6, 6.07) is 5.99. The first kappa shape index (κ1) is 15.5. The molecule has 0 saturated carbocycles. The summed E-state index contributed by atoms with van der Waals surface area (Å²) in [6.07, 6.45) is 6.17. The molecule has 4 heteroatoms. The summed E-state index contributed by atoms with van der Waals surface area (Å²) in [6.45, 7) is 4.38. The second-order valence-electron chi connectivity index (χ2n) is 5.54.